The lowest BCUT2D eigenvalue weighted by atomic mass is 10.2. The Hall–Kier alpha value is -1.58. The van der Waals surface area contributed by atoms with Crippen LogP contribution >= 0.6 is 0 Å². The number of rotatable bonds is 0. The van der Waals surface area contributed by atoms with Crippen LogP contribution < -0.4 is 0 Å². The van der Waals surface area contributed by atoms with E-state index in [2.05, 4.69) is 24.0 Å². The Labute approximate surface area is 83.5 Å². The van der Waals surface area contributed by atoms with Gasteiger partial charge in [-0.15, -0.1) is 0 Å². The van der Waals surface area contributed by atoms with Gasteiger partial charge in [-0.2, -0.15) is 10.2 Å². The van der Waals surface area contributed by atoms with E-state index in [9.17, 15) is 0 Å². The quantitative estimate of drug-likeness (QED) is 0.653. The second kappa shape index (κ2) is 4.60. The summed E-state index contributed by atoms with van der Waals surface area (Å²) in [4.78, 5) is 0. The van der Waals surface area contributed by atoms with Crippen molar-refractivity contribution in [2.45, 2.75) is 27.2 Å². The maximum Gasteiger partial charge on any atom is 0.0980 e. The Morgan fingerprint density at radius 3 is 2.64 bits per heavy atom. The third-order valence-electron chi connectivity index (χ3n) is 1.62. The van der Waals surface area contributed by atoms with Gasteiger partial charge in [-0.25, -0.2) is 4.73 Å². The van der Waals surface area contributed by atoms with Gasteiger partial charge in [0.05, 0.1) is 17.6 Å². The van der Waals surface area contributed by atoms with Crippen LogP contribution in [-0.4, -0.2) is 20.1 Å². The number of pyridine rings is 1. The molecule has 2 rings (SSSR count). The molecule has 0 bridgehead atoms. The van der Waals surface area contributed by atoms with Crippen LogP contribution in [-0.2, 0) is 0 Å². The van der Waals surface area contributed by atoms with Crippen molar-refractivity contribution >= 4 is 0 Å². The molecule has 14 heavy (non-hydrogen) atoms. The zero-order chi connectivity index (χ0) is 10.6. The summed E-state index contributed by atoms with van der Waals surface area (Å²) in [5.41, 5.74) is 2.53. The number of aromatic nitrogens is 3. The molecule has 4 heteroatoms. The minimum absolute atomic E-state index is 0.813. The molecule has 0 spiro atoms. The van der Waals surface area contributed by atoms with Crippen molar-refractivity contribution < 1.29 is 5.21 Å². The second-order valence-electron chi connectivity index (χ2n) is 3.12. The normalized spacial score (nSPS) is 9.64. The lowest BCUT2D eigenvalue weighted by molar-refractivity contribution is 0.185. The van der Waals surface area contributed by atoms with Gasteiger partial charge in [-0.3, -0.25) is 0 Å². The molecule has 2 aliphatic heterocycles. The van der Waals surface area contributed by atoms with E-state index in [1.807, 2.05) is 6.92 Å². The molecule has 0 atom stereocenters. The van der Waals surface area contributed by atoms with Gasteiger partial charge in [-0.1, -0.05) is 20.3 Å². The zero-order valence-electron chi connectivity index (χ0n) is 8.73. The highest BCUT2D eigenvalue weighted by Crippen LogP contribution is 2.20. The molecule has 0 amide bonds. The van der Waals surface area contributed by atoms with Gasteiger partial charge < -0.3 is 5.21 Å². The lowest BCUT2D eigenvalue weighted by Gasteiger charge is -1.99. The molecular formula is C10H15N3O. The van der Waals surface area contributed by atoms with E-state index < -0.39 is 0 Å². The van der Waals surface area contributed by atoms with E-state index in [4.69, 9.17) is 5.21 Å². The molecule has 76 valence electrons. The van der Waals surface area contributed by atoms with Crippen molar-refractivity contribution in [3.8, 4) is 11.3 Å². The van der Waals surface area contributed by atoms with E-state index in [-0.39, 0.29) is 0 Å². The van der Waals surface area contributed by atoms with Crippen molar-refractivity contribution in [2.24, 2.45) is 0 Å². The predicted molar refractivity (Wildman–Crippen MR) is 54.5 cm³/mol. The molecule has 0 saturated carbocycles. The van der Waals surface area contributed by atoms with Crippen molar-refractivity contribution in [1.82, 2.24) is 14.9 Å². The zero-order valence-corrected chi connectivity index (χ0v) is 8.73. The molecule has 0 saturated heterocycles. The highest BCUT2D eigenvalue weighted by Gasteiger charge is 2.08. The van der Waals surface area contributed by atoms with E-state index >= 15 is 0 Å². The summed E-state index contributed by atoms with van der Waals surface area (Å²) in [6, 6.07) is 1.72. The van der Waals surface area contributed by atoms with Crippen LogP contribution in [0.5, 0.6) is 0 Å². The SMILES string of the molecule is CCC.Cc1nnc2ccn(O)cc1-2. The lowest BCUT2D eigenvalue weighted by Crippen LogP contribution is -1.91. The van der Waals surface area contributed by atoms with E-state index in [0.717, 1.165) is 21.7 Å². The summed E-state index contributed by atoms with van der Waals surface area (Å²) in [5.74, 6) is 0. The van der Waals surface area contributed by atoms with E-state index in [1.165, 1.54) is 12.6 Å². The number of fused-ring (bicyclic) bond motifs is 1. The fourth-order valence-corrected chi connectivity index (χ4v) is 1.03. The molecule has 1 N–H and O–H groups in total. The summed E-state index contributed by atoms with van der Waals surface area (Å²) in [6.45, 7) is 6.11. The minimum atomic E-state index is 0.813. The van der Waals surface area contributed by atoms with Crippen LogP contribution in [0.1, 0.15) is 26.0 Å². The van der Waals surface area contributed by atoms with Gasteiger partial charge >= 0.3 is 0 Å². The summed E-state index contributed by atoms with van der Waals surface area (Å²) in [6.07, 6.45) is 4.36. The Morgan fingerprint density at radius 1 is 1.36 bits per heavy atom. The number of nitrogens with zero attached hydrogens (tertiary/aromatic N) is 3. The highest BCUT2D eigenvalue weighted by molar-refractivity contribution is 5.61. The largest absolute Gasteiger partial charge is 0.429 e. The molecule has 4 nitrogen and oxygen atoms in total. The highest BCUT2D eigenvalue weighted by atomic mass is 16.5. The average molecular weight is 193 g/mol. The van der Waals surface area contributed by atoms with Gasteiger partial charge in [0.1, 0.15) is 0 Å². The summed E-state index contributed by atoms with van der Waals surface area (Å²) >= 11 is 0. The molecule has 2 heterocycles. The molecule has 0 aromatic heterocycles. The minimum Gasteiger partial charge on any atom is -0.429 e. The van der Waals surface area contributed by atoms with Crippen molar-refractivity contribution in [3.63, 3.8) is 0 Å². The van der Waals surface area contributed by atoms with Crippen LogP contribution in [0.3, 0.4) is 0 Å². The summed E-state index contributed by atoms with van der Waals surface area (Å²) in [5, 5.41) is 16.8. The molecular weight excluding hydrogens is 178 g/mol. The van der Waals surface area contributed by atoms with E-state index in [1.54, 1.807) is 12.3 Å². The van der Waals surface area contributed by atoms with Crippen LogP contribution in [0.2, 0.25) is 0 Å². The Bertz CT molecular complexity index is 370. The van der Waals surface area contributed by atoms with Gasteiger partial charge in [0.25, 0.3) is 0 Å². The maximum atomic E-state index is 9.03. The molecule has 0 aromatic rings. The second-order valence-corrected chi connectivity index (χ2v) is 3.12. The molecule has 0 fully saturated rings. The van der Waals surface area contributed by atoms with Crippen LogP contribution in [0, 0.1) is 6.92 Å². The third-order valence-corrected chi connectivity index (χ3v) is 1.62. The van der Waals surface area contributed by atoms with Gasteiger partial charge in [0.2, 0.25) is 0 Å². The van der Waals surface area contributed by atoms with E-state index in [0.29, 0.717) is 0 Å². The Morgan fingerprint density at radius 2 is 2.00 bits per heavy atom. The Balaban J connectivity index is 0.000000293. The molecule has 0 aromatic carbocycles. The first kappa shape index (κ1) is 10.5. The molecule has 0 radical (unpaired) electrons. The van der Waals surface area contributed by atoms with Crippen molar-refractivity contribution in [1.29, 1.82) is 0 Å². The monoisotopic (exact) mass is 193 g/mol. The fraction of sp³-hybridized carbons (Fsp3) is 0.400. The van der Waals surface area contributed by atoms with Crippen molar-refractivity contribution in [3.05, 3.63) is 24.2 Å². The summed E-state index contributed by atoms with van der Waals surface area (Å²) < 4.78 is 0.999. The molecule has 2 aliphatic rings. The van der Waals surface area contributed by atoms with Gasteiger partial charge in [0.15, 0.2) is 0 Å². The van der Waals surface area contributed by atoms with Crippen molar-refractivity contribution in [2.75, 3.05) is 0 Å². The smallest absolute Gasteiger partial charge is 0.0980 e. The summed E-state index contributed by atoms with van der Waals surface area (Å²) in [7, 11) is 0. The van der Waals surface area contributed by atoms with Crippen LogP contribution in [0.4, 0.5) is 0 Å². The number of aryl methyl sites for hydroxylation is 1. The molecule has 0 unspecified atom stereocenters. The average Bonchev–Trinajstić information content (AvgIpc) is 2.49. The number of hydrogen-bond acceptors (Lipinski definition) is 3. The Kier molecular flexibility index (Phi) is 3.45. The third kappa shape index (κ3) is 2.22. The first-order chi connectivity index (χ1) is 6.69. The van der Waals surface area contributed by atoms with Gasteiger partial charge in [-0.05, 0) is 13.0 Å². The van der Waals surface area contributed by atoms with Crippen LogP contribution in [0.25, 0.3) is 11.3 Å². The standard InChI is InChI=1S/C7H7N3O.C3H8/c1-5-6-4-10(11)3-2-7(6)9-8-5;1-3-2/h2-4,11H,1H3;3H2,1-2H3. The van der Waals surface area contributed by atoms with Gasteiger partial charge in [0, 0.05) is 11.8 Å². The first-order valence-corrected chi connectivity index (χ1v) is 4.69. The van der Waals surface area contributed by atoms with Crippen LogP contribution in [0.15, 0.2) is 18.5 Å². The topological polar surface area (TPSA) is 50.9 Å². The molecule has 0 aliphatic carbocycles. The first-order valence-electron chi connectivity index (χ1n) is 4.69. The number of hydrogen-bond donors (Lipinski definition) is 1. The predicted octanol–water partition coefficient (Wildman–Crippen LogP) is 2.34. The fourth-order valence-electron chi connectivity index (χ4n) is 1.03. The maximum absolute atomic E-state index is 9.03.